The van der Waals surface area contributed by atoms with Crippen molar-refractivity contribution in [3.05, 3.63) is 71.0 Å². The third-order valence-electron chi connectivity index (χ3n) is 5.68. The number of rotatable bonds is 6. The molecule has 1 saturated heterocycles. The fraction of sp³-hybridized carbons (Fsp3) is 0.435. The molecular formula is C23H26F4N2O. The average molecular weight is 422 g/mol. The standard InChI is InChI=1S/C23H26F4N2O/c1-29-13-3-5-18(22(29)17-8-10-19(11-9-17)23(25,26)27)15-28-21(30)12-7-16-4-2-6-20(24)14-16/h2,4,6,8-11,14,18,22H,3,5,7,12-13,15H2,1H3,(H,28,30). The zero-order chi connectivity index (χ0) is 21.7. The molecule has 2 aromatic carbocycles. The number of alkyl halides is 3. The van der Waals surface area contributed by atoms with E-state index in [1.165, 1.54) is 24.3 Å². The van der Waals surface area contributed by atoms with Crippen molar-refractivity contribution in [2.75, 3.05) is 20.1 Å². The Morgan fingerprint density at radius 3 is 2.57 bits per heavy atom. The predicted molar refractivity (Wildman–Crippen MR) is 107 cm³/mol. The Hall–Kier alpha value is -2.41. The molecule has 7 heteroatoms. The molecule has 1 aliphatic rings. The Bertz CT molecular complexity index is 851. The summed E-state index contributed by atoms with van der Waals surface area (Å²) >= 11 is 0. The number of nitrogens with zero attached hydrogens (tertiary/aromatic N) is 1. The smallest absolute Gasteiger partial charge is 0.356 e. The van der Waals surface area contributed by atoms with Crippen LogP contribution in [0.3, 0.4) is 0 Å². The predicted octanol–water partition coefficient (Wildman–Crippen LogP) is 4.98. The molecular weight excluding hydrogens is 396 g/mol. The van der Waals surface area contributed by atoms with Gasteiger partial charge in [0.2, 0.25) is 5.91 Å². The van der Waals surface area contributed by atoms with Crippen molar-refractivity contribution in [3.63, 3.8) is 0 Å². The molecule has 1 heterocycles. The molecule has 1 N–H and O–H groups in total. The number of hydrogen-bond donors (Lipinski definition) is 1. The Labute approximate surface area is 174 Å². The quantitative estimate of drug-likeness (QED) is 0.667. The van der Waals surface area contributed by atoms with Gasteiger partial charge in [0.1, 0.15) is 5.82 Å². The number of carbonyl (C=O) groups excluding carboxylic acids is 1. The van der Waals surface area contributed by atoms with E-state index in [0.717, 1.165) is 42.6 Å². The summed E-state index contributed by atoms with van der Waals surface area (Å²) in [4.78, 5) is 14.4. The van der Waals surface area contributed by atoms with Gasteiger partial charge in [-0.15, -0.1) is 0 Å². The van der Waals surface area contributed by atoms with Crippen LogP contribution in [0.4, 0.5) is 17.6 Å². The van der Waals surface area contributed by atoms with Gasteiger partial charge in [0, 0.05) is 19.0 Å². The van der Waals surface area contributed by atoms with Gasteiger partial charge < -0.3 is 5.32 Å². The number of carbonyl (C=O) groups is 1. The van der Waals surface area contributed by atoms with Crippen molar-refractivity contribution in [1.82, 2.24) is 10.2 Å². The Morgan fingerprint density at radius 1 is 1.17 bits per heavy atom. The molecule has 0 saturated carbocycles. The van der Waals surface area contributed by atoms with Crippen LogP contribution in [0.1, 0.15) is 42.0 Å². The van der Waals surface area contributed by atoms with Crippen molar-refractivity contribution in [3.8, 4) is 0 Å². The second kappa shape index (κ2) is 9.60. The fourth-order valence-electron chi connectivity index (χ4n) is 4.15. The maximum atomic E-state index is 13.2. The van der Waals surface area contributed by atoms with Crippen LogP contribution in [0.5, 0.6) is 0 Å². The highest BCUT2D eigenvalue weighted by atomic mass is 19.4. The molecule has 2 unspecified atom stereocenters. The van der Waals surface area contributed by atoms with E-state index in [2.05, 4.69) is 10.2 Å². The van der Waals surface area contributed by atoms with Crippen molar-refractivity contribution < 1.29 is 22.4 Å². The molecule has 1 fully saturated rings. The van der Waals surface area contributed by atoms with Crippen LogP contribution in [-0.4, -0.2) is 30.9 Å². The maximum absolute atomic E-state index is 13.2. The summed E-state index contributed by atoms with van der Waals surface area (Å²) in [6.07, 6.45) is -1.78. The Morgan fingerprint density at radius 2 is 1.90 bits per heavy atom. The van der Waals surface area contributed by atoms with Crippen LogP contribution in [-0.2, 0) is 17.4 Å². The maximum Gasteiger partial charge on any atom is 0.416 e. The number of benzene rings is 2. The van der Waals surface area contributed by atoms with Crippen LogP contribution in [0, 0.1) is 11.7 Å². The molecule has 2 aromatic rings. The second-order valence-electron chi connectivity index (χ2n) is 7.88. The lowest BCUT2D eigenvalue weighted by Gasteiger charge is -2.39. The van der Waals surface area contributed by atoms with Crippen molar-refractivity contribution in [2.24, 2.45) is 5.92 Å². The summed E-state index contributed by atoms with van der Waals surface area (Å²) in [5.74, 6) is -0.324. The minimum Gasteiger partial charge on any atom is -0.356 e. The lowest BCUT2D eigenvalue weighted by atomic mass is 9.84. The highest BCUT2D eigenvalue weighted by Gasteiger charge is 2.33. The number of nitrogens with one attached hydrogen (secondary N) is 1. The summed E-state index contributed by atoms with van der Waals surface area (Å²) in [6, 6.07) is 11.4. The monoisotopic (exact) mass is 422 g/mol. The summed E-state index contributed by atoms with van der Waals surface area (Å²) in [5, 5.41) is 2.95. The molecule has 1 aliphatic heterocycles. The molecule has 0 aromatic heterocycles. The first-order valence-corrected chi connectivity index (χ1v) is 10.1. The van der Waals surface area contributed by atoms with Gasteiger partial charge in [0.25, 0.3) is 0 Å². The van der Waals surface area contributed by atoms with E-state index in [-0.39, 0.29) is 30.1 Å². The fourth-order valence-corrected chi connectivity index (χ4v) is 4.15. The van der Waals surface area contributed by atoms with Crippen LogP contribution >= 0.6 is 0 Å². The number of likely N-dealkylation sites (tertiary alicyclic amines) is 1. The molecule has 162 valence electrons. The van der Waals surface area contributed by atoms with E-state index in [4.69, 9.17) is 0 Å². The van der Waals surface area contributed by atoms with E-state index in [1.54, 1.807) is 12.1 Å². The topological polar surface area (TPSA) is 32.3 Å². The molecule has 0 radical (unpaired) electrons. The van der Waals surface area contributed by atoms with E-state index >= 15 is 0 Å². The van der Waals surface area contributed by atoms with E-state index in [0.29, 0.717) is 13.0 Å². The Kier molecular flexibility index (Phi) is 7.13. The van der Waals surface area contributed by atoms with Gasteiger partial charge in [-0.1, -0.05) is 24.3 Å². The lowest BCUT2D eigenvalue weighted by Crippen LogP contribution is -2.41. The zero-order valence-corrected chi connectivity index (χ0v) is 16.9. The van der Waals surface area contributed by atoms with Gasteiger partial charge in [0.15, 0.2) is 0 Å². The SMILES string of the molecule is CN1CCCC(CNC(=O)CCc2cccc(F)c2)C1c1ccc(C(F)(F)F)cc1. The molecule has 2 atom stereocenters. The second-order valence-corrected chi connectivity index (χ2v) is 7.88. The first kappa shape index (κ1) is 22.3. The van der Waals surface area contributed by atoms with Gasteiger partial charge in [-0.3, -0.25) is 9.69 Å². The zero-order valence-electron chi connectivity index (χ0n) is 16.9. The number of piperidine rings is 1. The number of aryl methyl sites for hydroxylation is 1. The number of halogens is 4. The molecule has 3 rings (SSSR count). The lowest BCUT2D eigenvalue weighted by molar-refractivity contribution is -0.137. The minimum atomic E-state index is -4.36. The third-order valence-corrected chi connectivity index (χ3v) is 5.68. The van der Waals surface area contributed by atoms with Crippen LogP contribution in [0.2, 0.25) is 0 Å². The molecule has 0 bridgehead atoms. The molecule has 30 heavy (non-hydrogen) atoms. The van der Waals surface area contributed by atoms with Gasteiger partial charge in [-0.2, -0.15) is 13.2 Å². The summed E-state index contributed by atoms with van der Waals surface area (Å²) in [6.45, 7) is 1.31. The Balaban J connectivity index is 1.60. The first-order valence-electron chi connectivity index (χ1n) is 10.1. The van der Waals surface area contributed by atoms with Crippen LogP contribution < -0.4 is 5.32 Å². The highest BCUT2D eigenvalue weighted by molar-refractivity contribution is 5.76. The largest absolute Gasteiger partial charge is 0.416 e. The molecule has 3 nitrogen and oxygen atoms in total. The van der Waals surface area contributed by atoms with Gasteiger partial charge >= 0.3 is 6.18 Å². The average Bonchev–Trinajstić information content (AvgIpc) is 2.70. The number of hydrogen-bond acceptors (Lipinski definition) is 2. The minimum absolute atomic E-state index is 0.0513. The molecule has 0 aliphatic carbocycles. The number of amides is 1. The van der Waals surface area contributed by atoms with E-state index in [1.807, 2.05) is 7.05 Å². The summed E-state index contributed by atoms with van der Waals surface area (Å²) in [5.41, 5.74) is 0.932. The third kappa shape index (κ3) is 5.81. The summed E-state index contributed by atoms with van der Waals surface area (Å²) < 4.78 is 51.8. The van der Waals surface area contributed by atoms with E-state index < -0.39 is 11.7 Å². The molecule has 0 spiro atoms. The van der Waals surface area contributed by atoms with Gasteiger partial charge in [-0.05, 0) is 74.2 Å². The van der Waals surface area contributed by atoms with Crippen LogP contribution in [0.15, 0.2) is 48.5 Å². The van der Waals surface area contributed by atoms with Crippen molar-refractivity contribution in [2.45, 2.75) is 37.9 Å². The van der Waals surface area contributed by atoms with Crippen molar-refractivity contribution >= 4 is 5.91 Å². The first-order chi connectivity index (χ1) is 14.2. The molecule has 1 amide bonds. The van der Waals surface area contributed by atoms with Gasteiger partial charge in [0.05, 0.1) is 5.56 Å². The van der Waals surface area contributed by atoms with E-state index in [9.17, 15) is 22.4 Å². The summed E-state index contributed by atoms with van der Waals surface area (Å²) in [7, 11) is 1.96. The van der Waals surface area contributed by atoms with Crippen molar-refractivity contribution in [1.29, 1.82) is 0 Å². The highest BCUT2D eigenvalue weighted by Crippen LogP contribution is 2.36. The van der Waals surface area contributed by atoms with Crippen LogP contribution in [0.25, 0.3) is 0 Å². The van der Waals surface area contributed by atoms with Gasteiger partial charge in [-0.25, -0.2) is 4.39 Å². The normalized spacial score (nSPS) is 20.2.